The van der Waals surface area contributed by atoms with Crippen LogP contribution in [0.4, 0.5) is 0 Å². The molecule has 45 nitrogen and oxygen atoms in total. The number of aliphatic hydroxyl groups excluding tert-OH is 12. The van der Waals surface area contributed by atoms with Crippen molar-refractivity contribution in [2.24, 2.45) is 11.3 Å². The molecule has 0 spiro atoms. The molecule has 4 aromatic heterocycles. The van der Waals surface area contributed by atoms with Crippen LogP contribution in [0.25, 0.3) is 0 Å². The summed E-state index contributed by atoms with van der Waals surface area (Å²) in [7, 11) is 0. The second-order valence-electron chi connectivity index (χ2n) is 29.4. The molecule has 8 heterocycles. The minimum Gasteiger partial charge on any atom is -0.394 e. The summed E-state index contributed by atoms with van der Waals surface area (Å²) in [5, 5.41) is 166. The fourth-order valence-electron chi connectivity index (χ4n) is 13.3. The lowest BCUT2D eigenvalue weighted by Crippen LogP contribution is -2.64. The maximum absolute atomic E-state index is 15.0. The van der Waals surface area contributed by atoms with Gasteiger partial charge in [-0.05, 0) is 19.4 Å². The molecular formula is C69H117N17O28. The summed E-state index contributed by atoms with van der Waals surface area (Å²) >= 11 is 0. The van der Waals surface area contributed by atoms with Crippen LogP contribution < -0.4 is 16.0 Å². The number of nitrogens with one attached hydrogen (secondary N) is 3. The molecule has 4 aromatic rings. The highest BCUT2D eigenvalue weighted by molar-refractivity contribution is 5.88. The Kier molecular flexibility index (Phi) is 38.1. The Labute approximate surface area is 658 Å². The number of unbranched alkanes of at least 4 members (excludes halogenated alkanes) is 1. The number of aliphatic hydroxyl groups is 12. The van der Waals surface area contributed by atoms with Crippen molar-refractivity contribution < 1.29 is 137 Å². The highest BCUT2D eigenvalue weighted by Gasteiger charge is 2.49. The number of hydrogen-bond donors (Lipinski definition) is 15. The molecule has 45 heteroatoms. The Hall–Kier alpha value is -6.40. The monoisotopic (exact) mass is 1630 g/mol. The molecule has 1 unspecified atom stereocenters. The molecule has 4 aliphatic heterocycles. The van der Waals surface area contributed by atoms with Gasteiger partial charge in [-0.1, -0.05) is 55.0 Å². The van der Waals surface area contributed by atoms with Crippen LogP contribution in [0.15, 0.2) is 24.8 Å². The topological polar surface area (TPSA) is 587 Å². The maximum atomic E-state index is 15.0. The second-order valence-corrected chi connectivity index (χ2v) is 29.4. The molecule has 0 aliphatic carbocycles. The third kappa shape index (κ3) is 28.1. The number of nitrogens with zero attached hydrogens (tertiary/aromatic N) is 14. The van der Waals surface area contributed by atoms with Gasteiger partial charge in [-0.3, -0.25) is 29.0 Å². The zero-order chi connectivity index (χ0) is 82.6. The van der Waals surface area contributed by atoms with Crippen LogP contribution in [-0.2, 0) is 128 Å². The molecule has 0 saturated carbocycles. The van der Waals surface area contributed by atoms with Crippen molar-refractivity contribution in [3.05, 3.63) is 47.6 Å². The minimum absolute atomic E-state index is 0.0337. The van der Waals surface area contributed by atoms with Gasteiger partial charge >= 0.3 is 0 Å². The van der Waals surface area contributed by atoms with Gasteiger partial charge < -0.3 is 134 Å². The van der Waals surface area contributed by atoms with Crippen molar-refractivity contribution in [2.75, 3.05) is 112 Å². The summed E-state index contributed by atoms with van der Waals surface area (Å²) in [6, 6.07) is -4.05. The van der Waals surface area contributed by atoms with Gasteiger partial charge in [-0.2, -0.15) is 0 Å². The Morgan fingerprint density at radius 2 is 0.728 bits per heavy atom. The van der Waals surface area contributed by atoms with Crippen molar-refractivity contribution >= 4 is 23.5 Å². The van der Waals surface area contributed by atoms with Gasteiger partial charge in [-0.25, -0.2) is 18.7 Å². The van der Waals surface area contributed by atoms with Gasteiger partial charge in [0.2, 0.25) is 17.7 Å². The number of carbonyl (C=O) groups excluding carboxylic acids is 4. The number of carbonyl (C=O) groups is 4. The van der Waals surface area contributed by atoms with Crippen molar-refractivity contribution in [3.8, 4) is 0 Å². The van der Waals surface area contributed by atoms with Crippen LogP contribution in [0.1, 0.15) is 90.5 Å². The van der Waals surface area contributed by atoms with E-state index >= 15 is 0 Å². The average molecular weight is 1630 g/mol. The number of ether oxygens (including phenoxy) is 12. The van der Waals surface area contributed by atoms with E-state index in [0.717, 1.165) is 0 Å². The zero-order valence-electron chi connectivity index (χ0n) is 65.4. The molecule has 15 N–H and O–H groups in total. The van der Waals surface area contributed by atoms with E-state index in [1.54, 1.807) is 50.4 Å². The first-order valence-electron chi connectivity index (χ1n) is 38.2. The van der Waals surface area contributed by atoms with E-state index in [-0.39, 0.29) is 118 Å². The van der Waals surface area contributed by atoms with E-state index in [9.17, 15) is 80.5 Å². The highest BCUT2D eigenvalue weighted by Crippen LogP contribution is 2.30. The molecule has 8 rings (SSSR count). The molecule has 0 aromatic carbocycles. The number of hydrogen-bond acceptors (Lipinski definition) is 38. The van der Waals surface area contributed by atoms with Crippen LogP contribution in [0.5, 0.6) is 0 Å². The number of amides is 3. The van der Waals surface area contributed by atoms with Crippen LogP contribution in [-0.4, -0.2) is 389 Å². The Morgan fingerprint density at radius 1 is 0.430 bits per heavy atom. The maximum Gasteiger partial charge on any atom is 0.217 e. The van der Waals surface area contributed by atoms with Crippen molar-refractivity contribution in [1.82, 2.24) is 85.7 Å². The van der Waals surface area contributed by atoms with E-state index in [2.05, 4.69) is 62.1 Å². The third-order valence-corrected chi connectivity index (χ3v) is 19.4. The molecule has 0 bridgehead atoms. The quantitative estimate of drug-likeness (QED) is 0.0183. The predicted octanol–water partition coefficient (Wildman–Crippen LogP) is -8.05. The Balaban J connectivity index is 0.918. The third-order valence-electron chi connectivity index (χ3n) is 19.4. The zero-order valence-corrected chi connectivity index (χ0v) is 65.4. The van der Waals surface area contributed by atoms with E-state index in [4.69, 9.17) is 56.8 Å². The summed E-state index contributed by atoms with van der Waals surface area (Å²) in [4.78, 5) is 54.9. The Bertz CT molecular complexity index is 3360. The number of ketones is 1. The summed E-state index contributed by atoms with van der Waals surface area (Å²) < 4.78 is 75.6. The van der Waals surface area contributed by atoms with Crippen LogP contribution in [0, 0.1) is 11.3 Å². The lowest BCUT2D eigenvalue weighted by Gasteiger charge is -2.42. The molecule has 4 aliphatic rings. The average Bonchev–Trinajstić information content (AvgIpc) is 1.07. The fourth-order valence-corrected chi connectivity index (χ4v) is 13.3. The summed E-state index contributed by atoms with van der Waals surface area (Å²) in [6.07, 6.45) is -11.6. The number of aromatic nitrogens is 12. The minimum atomic E-state index is -1.48. The van der Waals surface area contributed by atoms with Gasteiger partial charge in [0.05, 0.1) is 167 Å². The number of Topliss-reactive ketones (excluding diaryl/α,β-unsaturated/α-hetero) is 1. The summed E-state index contributed by atoms with van der Waals surface area (Å²) in [6.45, 7) is 12.2. The van der Waals surface area contributed by atoms with Gasteiger partial charge in [0, 0.05) is 83.1 Å². The van der Waals surface area contributed by atoms with Gasteiger partial charge in [-0.15, -0.1) is 20.4 Å². The summed E-state index contributed by atoms with van der Waals surface area (Å²) in [5.74, 6) is -2.10. The largest absolute Gasteiger partial charge is 0.394 e. The van der Waals surface area contributed by atoms with Crippen LogP contribution in [0.2, 0.25) is 0 Å². The standard InChI is InChI=1S/C69H117N17O28/c1-40-56(94)57(95)49(36-87)111-65(40)107-24-20-103-18-14-85-34-46(75-79-85)30-82(31-47-35-86(80-76-47)15-19-106-23-27-110-68-55(72-43(4)93)63(101)60(98)52(39-90)114-68)48(64(102)69(5,6)7)10-8-9-11-81(28-44-32-83(77-73-44)12-16-104-21-25-108-66-53(70-41(2)91)61(99)58(96)50(37-88)112-66)29-45-33-84(78-74-45)13-17-105-22-26-109-67-54(71-42(3)92)62(100)59(97)51(38-89)113-67/h32-35,40,48-63,65-68,87-90,94-101H,8-31,36-39H2,1-7H3,(H,70,91)(H,71,92)(H,72,93)/t40-,48+,49-,50-,51-,52-,53-,54-,55-,56-,57+,58+,59+,60+,61-,62-,63-,65?,66-,67-,68-/m1/s1. The fraction of sp³-hybridized carbons (Fsp3) is 0.826. The first-order valence-corrected chi connectivity index (χ1v) is 38.2. The van der Waals surface area contributed by atoms with E-state index in [1.807, 2.05) is 25.7 Å². The molecule has 21 atom stereocenters. The first kappa shape index (κ1) is 93.1. The normalized spacial score (nSPS) is 28.5. The smallest absolute Gasteiger partial charge is 0.217 e. The van der Waals surface area contributed by atoms with E-state index in [0.29, 0.717) is 68.2 Å². The predicted molar refractivity (Wildman–Crippen MR) is 386 cm³/mol. The molecule has 3 amide bonds. The summed E-state index contributed by atoms with van der Waals surface area (Å²) in [5.41, 5.74) is 1.45. The lowest BCUT2D eigenvalue weighted by molar-refractivity contribution is -0.284. The lowest BCUT2D eigenvalue weighted by atomic mass is 9.84. The molecule has 646 valence electrons. The SMILES string of the molecule is CC(=O)N[C@H]1[C@H](OCCOCCn2cc(CN(CCCC[C@@H](C(=O)C(C)(C)C)N(Cc3cn(CCOCCOC4O[C@H](CO)[C@H](O)[C@H](O)[C@H]4C)nn3)Cc3cn(CCOCCO[C@@H]4O[C@H](CO)[C@H](O)[C@H](O)[C@H]4NC(C)=O)nn3)Cc3cn(CCOCCO[C@@H]4O[C@H](CO)[C@H](O)[C@H](O)[C@H]4NC(C)=O)nn3)nn2)O[C@H](CO)[C@H](O)[C@@H]1O. The van der Waals surface area contributed by atoms with Gasteiger partial charge in [0.1, 0.15) is 85.3 Å². The molecule has 4 fully saturated rings. The molecular weight excluding hydrogens is 1510 g/mol. The second kappa shape index (κ2) is 46.7. The van der Waals surface area contributed by atoms with Crippen molar-refractivity contribution in [3.63, 3.8) is 0 Å². The molecule has 4 saturated heterocycles. The highest BCUT2D eigenvalue weighted by atomic mass is 16.7. The van der Waals surface area contributed by atoms with Gasteiger partial charge in [0.15, 0.2) is 30.9 Å². The molecule has 114 heavy (non-hydrogen) atoms. The van der Waals surface area contributed by atoms with Crippen molar-refractivity contribution in [1.29, 1.82) is 0 Å². The van der Waals surface area contributed by atoms with Gasteiger partial charge in [0.25, 0.3) is 0 Å². The van der Waals surface area contributed by atoms with Crippen LogP contribution in [0.3, 0.4) is 0 Å². The van der Waals surface area contributed by atoms with Crippen LogP contribution >= 0.6 is 0 Å². The van der Waals surface area contributed by atoms with E-state index < -0.39 is 178 Å². The molecule has 0 radical (unpaired) electrons. The Morgan fingerprint density at radius 3 is 1.04 bits per heavy atom. The van der Waals surface area contributed by atoms with E-state index in [1.165, 1.54) is 20.8 Å². The first-order chi connectivity index (χ1) is 54.6. The van der Waals surface area contributed by atoms with Crippen molar-refractivity contribution in [2.45, 2.75) is 243 Å². The number of rotatable bonds is 50.